The van der Waals surface area contributed by atoms with Crippen molar-refractivity contribution >= 4 is 45.1 Å². The molecular formula is C30H28Cl2N4O3S. The second-order valence-corrected chi connectivity index (χ2v) is 12.3. The number of amides is 1. The maximum Gasteiger partial charge on any atom is 0.268 e. The van der Waals surface area contributed by atoms with Crippen LogP contribution in [0.5, 0.6) is 0 Å². The summed E-state index contributed by atoms with van der Waals surface area (Å²) in [6.07, 6.45) is 4.40. The summed E-state index contributed by atoms with van der Waals surface area (Å²) in [6, 6.07) is 21.5. The van der Waals surface area contributed by atoms with Crippen molar-refractivity contribution < 1.29 is 13.2 Å². The number of aromatic nitrogens is 2. The van der Waals surface area contributed by atoms with Gasteiger partial charge in [-0.1, -0.05) is 59.6 Å². The van der Waals surface area contributed by atoms with Gasteiger partial charge in [0.15, 0.2) is 0 Å². The number of nitrogens with zero attached hydrogens (tertiary/aromatic N) is 3. The Hall–Kier alpha value is -3.46. The number of rotatable bonds is 8. The molecule has 0 saturated carbocycles. The van der Waals surface area contributed by atoms with E-state index < -0.39 is 15.9 Å². The topological polar surface area (TPSA) is 92.3 Å². The SMILES string of the molecule is Cc1ccccc1CCc1nc(N2CCC[C@H]2c2ccc(Cl)cc2)ncc1C(=O)NS(=O)(=O)c1ccc(Cl)cc1. The lowest BCUT2D eigenvalue weighted by atomic mass is 10.0. The fourth-order valence-corrected chi connectivity index (χ4v) is 6.17. The molecule has 3 aromatic carbocycles. The van der Waals surface area contributed by atoms with Crippen LogP contribution in [-0.4, -0.2) is 30.8 Å². The minimum atomic E-state index is -4.12. The van der Waals surface area contributed by atoms with Crippen LogP contribution in [0.2, 0.25) is 10.0 Å². The number of hydrogen-bond acceptors (Lipinski definition) is 6. The van der Waals surface area contributed by atoms with Crippen molar-refractivity contribution in [1.29, 1.82) is 0 Å². The molecule has 4 aromatic rings. The average Bonchev–Trinajstić information content (AvgIpc) is 3.43. The van der Waals surface area contributed by atoms with E-state index in [1.54, 1.807) is 0 Å². The predicted molar refractivity (Wildman–Crippen MR) is 157 cm³/mol. The third-order valence-electron chi connectivity index (χ3n) is 7.11. The van der Waals surface area contributed by atoms with Crippen LogP contribution in [0.25, 0.3) is 0 Å². The van der Waals surface area contributed by atoms with Crippen LogP contribution in [0.3, 0.4) is 0 Å². The molecular weight excluding hydrogens is 567 g/mol. The summed E-state index contributed by atoms with van der Waals surface area (Å²) in [4.78, 5) is 24.8. The molecule has 0 spiro atoms. The Bertz CT molecular complexity index is 1630. The molecule has 1 aliphatic heterocycles. The first-order chi connectivity index (χ1) is 19.2. The number of carbonyl (C=O) groups is 1. The Morgan fingerprint density at radius 1 is 0.975 bits per heavy atom. The van der Waals surface area contributed by atoms with E-state index in [0.29, 0.717) is 34.5 Å². The lowest BCUT2D eigenvalue weighted by molar-refractivity contribution is 0.0979. The molecule has 1 N–H and O–H groups in total. The molecule has 40 heavy (non-hydrogen) atoms. The molecule has 5 rings (SSSR count). The zero-order chi connectivity index (χ0) is 28.3. The first-order valence-electron chi connectivity index (χ1n) is 13.0. The molecule has 1 aromatic heterocycles. The maximum absolute atomic E-state index is 13.3. The second-order valence-electron chi connectivity index (χ2n) is 9.75. The first kappa shape index (κ1) is 28.1. The van der Waals surface area contributed by atoms with Crippen molar-refractivity contribution in [3.8, 4) is 0 Å². The standard InChI is InChI=1S/C30H28Cl2N4O3S/c1-20-5-2-3-6-21(20)10-17-27-26(29(37)35-40(38,39)25-15-13-24(32)14-16-25)19-33-30(34-27)36-18-4-7-28(36)22-8-11-23(31)12-9-22/h2-3,5-6,8-9,11-16,19,28H,4,7,10,17-18H2,1H3,(H,35,37)/t28-/m0/s1. The van der Waals surface area contributed by atoms with Crippen LogP contribution >= 0.6 is 23.2 Å². The van der Waals surface area contributed by atoms with Crippen LogP contribution in [0, 0.1) is 6.92 Å². The fourth-order valence-electron chi connectivity index (χ4n) is 4.96. The lowest BCUT2D eigenvalue weighted by Gasteiger charge is -2.26. The zero-order valence-electron chi connectivity index (χ0n) is 21.8. The van der Waals surface area contributed by atoms with E-state index >= 15 is 0 Å². The molecule has 2 heterocycles. The van der Waals surface area contributed by atoms with Gasteiger partial charge in [-0.15, -0.1) is 0 Å². The van der Waals surface area contributed by atoms with Gasteiger partial charge < -0.3 is 4.90 Å². The Labute approximate surface area is 244 Å². The summed E-state index contributed by atoms with van der Waals surface area (Å²) in [7, 11) is -4.12. The first-order valence-corrected chi connectivity index (χ1v) is 15.2. The minimum absolute atomic E-state index is 0.0629. The summed E-state index contributed by atoms with van der Waals surface area (Å²) in [5.74, 6) is -0.272. The average molecular weight is 596 g/mol. The van der Waals surface area contributed by atoms with Crippen LogP contribution in [0.1, 0.15) is 51.6 Å². The van der Waals surface area contributed by atoms with Gasteiger partial charge in [0, 0.05) is 22.8 Å². The van der Waals surface area contributed by atoms with Crippen molar-refractivity contribution in [2.75, 3.05) is 11.4 Å². The third-order valence-corrected chi connectivity index (χ3v) is 8.96. The molecule has 1 saturated heterocycles. The van der Waals surface area contributed by atoms with Crippen molar-refractivity contribution in [3.05, 3.63) is 117 Å². The second kappa shape index (κ2) is 12.0. The maximum atomic E-state index is 13.3. The summed E-state index contributed by atoms with van der Waals surface area (Å²) in [5, 5.41) is 1.07. The van der Waals surface area contributed by atoms with Gasteiger partial charge in [-0.2, -0.15) is 0 Å². The van der Waals surface area contributed by atoms with Gasteiger partial charge in [-0.25, -0.2) is 23.1 Å². The van der Waals surface area contributed by atoms with E-state index in [1.807, 2.05) is 55.5 Å². The van der Waals surface area contributed by atoms with E-state index in [9.17, 15) is 13.2 Å². The van der Waals surface area contributed by atoms with Gasteiger partial charge >= 0.3 is 0 Å². The number of aryl methyl sites for hydroxylation is 3. The third kappa shape index (κ3) is 6.30. The van der Waals surface area contributed by atoms with Gasteiger partial charge in [-0.3, -0.25) is 4.79 Å². The lowest BCUT2D eigenvalue weighted by Crippen LogP contribution is -2.32. The number of halogens is 2. The highest BCUT2D eigenvalue weighted by atomic mass is 35.5. The van der Waals surface area contributed by atoms with Gasteiger partial charge in [0.1, 0.15) is 0 Å². The van der Waals surface area contributed by atoms with Crippen LogP contribution in [0.4, 0.5) is 5.95 Å². The Morgan fingerprint density at radius 2 is 1.65 bits per heavy atom. The molecule has 0 radical (unpaired) electrons. The highest BCUT2D eigenvalue weighted by molar-refractivity contribution is 7.90. The minimum Gasteiger partial charge on any atom is -0.334 e. The molecule has 1 atom stereocenters. The quantitative estimate of drug-likeness (QED) is 0.256. The molecule has 0 unspecified atom stereocenters. The molecule has 1 aliphatic rings. The number of hydrogen-bond donors (Lipinski definition) is 1. The van der Waals surface area contributed by atoms with E-state index in [-0.39, 0.29) is 16.5 Å². The van der Waals surface area contributed by atoms with E-state index in [1.165, 1.54) is 30.5 Å². The summed E-state index contributed by atoms with van der Waals surface area (Å²) in [6.45, 7) is 2.80. The molecule has 0 aliphatic carbocycles. The number of carbonyl (C=O) groups excluding carboxylic acids is 1. The Balaban J connectivity index is 1.46. The van der Waals surface area contributed by atoms with Gasteiger partial charge in [-0.05, 0) is 85.7 Å². The molecule has 0 bridgehead atoms. The predicted octanol–water partition coefficient (Wildman–Crippen LogP) is 6.34. The van der Waals surface area contributed by atoms with Crippen LogP contribution in [-0.2, 0) is 22.9 Å². The summed E-state index contributed by atoms with van der Waals surface area (Å²) < 4.78 is 28.0. The Morgan fingerprint density at radius 3 is 2.35 bits per heavy atom. The van der Waals surface area contributed by atoms with Crippen molar-refractivity contribution in [1.82, 2.24) is 14.7 Å². The van der Waals surface area contributed by atoms with Crippen molar-refractivity contribution in [2.45, 2.75) is 43.5 Å². The number of sulfonamides is 1. The van der Waals surface area contributed by atoms with E-state index in [2.05, 4.69) is 14.6 Å². The van der Waals surface area contributed by atoms with Crippen LogP contribution in [0.15, 0.2) is 83.9 Å². The molecule has 206 valence electrons. The molecule has 10 heteroatoms. The number of anilines is 1. The fraction of sp³-hybridized carbons (Fsp3) is 0.233. The highest BCUT2D eigenvalue weighted by Crippen LogP contribution is 2.35. The largest absolute Gasteiger partial charge is 0.334 e. The molecule has 7 nitrogen and oxygen atoms in total. The summed E-state index contributed by atoms with van der Waals surface area (Å²) in [5.41, 5.74) is 3.98. The number of benzene rings is 3. The highest BCUT2D eigenvalue weighted by Gasteiger charge is 2.30. The summed E-state index contributed by atoms with van der Waals surface area (Å²) >= 11 is 12.0. The molecule has 1 amide bonds. The monoisotopic (exact) mass is 594 g/mol. The normalized spacial score (nSPS) is 15.3. The van der Waals surface area contributed by atoms with Gasteiger partial charge in [0.25, 0.3) is 15.9 Å². The number of nitrogens with one attached hydrogen (secondary N) is 1. The van der Waals surface area contributed by atoms with Gasteiger partial charge in [0.05, 0.1) is 22.2 Å². The van der Waals surface area contributed by atoms with Gasteiger partial charge in [0.2, 0.25) is 5.95 Å². The Kier molecular flexibility index (Phi) is 8.40. The van der Waals surface area contributed by atoms with Crippen molar-refractivity contribution in [2.24, 2.45) is 0 Å². The van der Waals surface area contributed by atoms with E-state index in [4.69, 9.17) is 28.2 Å². The zero-order valence-corrected chi connectivity index (χ0v) is 24.2. The van der Waals surface area contributed by atoms with Crippen LogP contribution < -0.4 is 9.62 Å². The van der Waals surface area contributed by atoms with E-state index in [0.717, 1.165) is 36.1 Å². The molecule has 1 fully saturated rings. The smallest absolute Gasteiger partial charge is 0.268 e. The van der Waals surface area contributed by atoms with Crippen molar-refractivity contribution in [3.63, 3.8) is 0 Å².